The van der Waals surface area contributed by atoms with Gasteiger partial charge in [-0.3, -0.25) is 0 Å². The van der Waals surface area contributed by atoms with Crippen LogP contribution in [0.3, 0.4) is 0 Å². The van der Waals surface area contributed by atoms with Gasteiger partial charge in [-0.1, -0.05) is 39.0 Å². The summed E-state index contributed by atoms with van der Waals surface area (Å²) in [6.07, 6.45) is 1.71. The van der Waals surface area contributed by atoms with Gasteiger partial charge in [0.05, 0.1) is 26.0 Å². The molecule has 2 fully saturated rings. The number of aromatic nitrogens is 3. The molecule has 0 aliphatic carbocycles. The Morgan fingerprint density at radius 2 is 1.78 bits per heavy atom. The van der Waals surface area contributed by atoms with Crippen LogP contribution in [-0.2, 0) is 16.0 Å². The third kappa shape index (κ3) is 4.01. The van der Waals surface area contributed by atoms with Gasteiger partial charge in [0.2, 0.25) is 0 Å². The van der Waals surface area contributed by atoms with Crippen molar-refractivity contribution in [2.24, 2.45) is 10.8 Å². The zero-order valence-corrected chi connectivity index (χ0v) is 17.0. The number of hydrogen-bond acceptors (Lipinski definition) is 5. The van der Waals surface area contributed by atoms with E-state index in [1.54, 1.807) is 0 Å². The molecule has 0 bridgehead atoms. The second kappa shape index (κ2) is 6.60. The van der Waals surface area contributed by atoms with Crippen LogP contribution in [0.25, 0.3) is 11.3 Å². The highest BCUT2D eigenvalue weighted by Gasteiger charge is 2.34. The van der Waals surface area contributed by atoms with E-state index in [-0.39, 0.29) is 11.7 Å². The van der Waals surface area contributed by atoms with Gasteiger partial charge in [0.1, 0.15) is 5.69 Å². The summed E-state index contributed by atoms with van der Waals surface area (Å²) in [6, 6.07) is 6.59. The van der Waals surface area contributed by atoms with E-state index in [4.69, 9.17) is 9.47 Å². The van der Waals surface area contributed by atoms with E-state index in [1.807, 2.05) is 10.9 Å². The Labute approximate surface area is 161 Å². The summed E-state index contributed by atoms with van der Waals surface area (Å²) in [4.78, 5) is 2.42. The van der Waals surface area contributed by atoms with Crippen LogP contribution in [0.5, 0.6) is 0 Å². The van der Waals surface area contributed by atoms with E-state index < -0.39 is 0 Å². The van der Waals surface area contributed by atoms with Crippen molar-refractivity contribution in [2.45, 2.75) is 47.5 Å². The van der Waals surface area contributed by atoms with Gasteiger partial charge in [-0.05, 0) is 30.0 Å². The van der Waals surface area contributed by atoms with Crippen molar-refractivity contribution in [1.82, 2.24) is 15.0 Å². The molecule has 0 atom stereocenters. The average Bonchev–Trinajstić information content (AvgIpc) is 3.02. The van der Waals surface area contributed by atoms with Crippen LogP contribution in [0.2, 0.25) is 0 Å². The van der Waals surface area contributed by atoms with E-state index in [0.29, 0.717) is 25.2 Å². The minimum absolute atomic E-state index is 0.0779. The van der Waals surface area contributed by atoms with Crippen molar-refractivity contribution >= 4 is 5.69 Å². The van der Waals surface area contributed by atoms with E-state index in [9.17, 15) is 0 Å². The van der Waals surface area contributed by atoms with Gasteiger partial charge in [0.15, 0.2) is 6.29 Å². The number of anilines is 1. The summed E-state index contributed by atoms with van der Waals surface area (Å²) < 4.78 is 13.4. The number of ether oxygens (including phenoxy) is 2. The zero-order chi connectivity index (χ0) is 19.2. The lowest BCUT2D eigenvalue weighted by molar-refractivity contribution is -0.227. The first kappa shape index (κ1) is 18.4. The number of rotatable bonds is 4. The second-order valence-electron chi connectivity index (χ2n) is 9.56. The van der Waals surface area contributed by atoms with Gasteiger partial charge in [0, 0.05) is 29.8 Å². The maximum absolute atomic E-state index is 5.80. The van der Waals surface area contributed by atoms with Gasteiger partial charge in [-0.25, -0.2) is 4.68 Å². The Bertz CT molecular complexity index is 809. The maximum Gasteiger partial charge on any atom is 0.177 e. The zero-order valence-electron chi connectivity index (χ0n) is 17.0. The number of aryl methyl sites for hydroxylation is 1. The minimum Gasteiger partial charge on any atom is -0.370 e. The summed E-state index contributed by atoms with van der Waals surface area (Å²) in [5.74, 6) is 0. The Kier molecular flexibility index (Phi) is 4.51. The molecule has 2 aromatic rings. The largest absolute Gasteiger partial charge is 0.370 e. The van der Waals surface area contributed by atoms with Crippen LogP contribution in [-0.4, -0.2) is 47.6 Å². The molecule has 146 valence electrons. The first-order valence-corrected chi connectivity index (χ1v) is 9.70. The highest BCUT2D eigenvalue weighted by molar-refractivity contribution is 5.67. The van der Waals surface area contributed by atoms with Crippen molar-refractivity contribution < 1.29 is 9.47 Å². The molecule has 2 aliphatic heterocycles. The third-order valence-electron chi connectivity index (χ3n) is 5.28. The molecule has 2 saturated heterocycles. The predicted molar refractivity (Wildman–Crippen MR) is 106 cm³/mol. The molecule has 0 saturated carbocycles. The smallest absolute Gasteiger partial charge is 0.177 e. The summed E-state index contributed by atoms with van der Waals surface area (Å²) in [7, 11) is 0. The molecule has 4 rings (SSSR count). The van der Waals surface area contributed by atoms with E-state index in [2.05, 4.69) is 68.0 Å². The van der Waals surface area contributed by atoms with Crippen molar-refractivity contribution in [2.75, 3.05) is 31.2 Å². The van der Waals surface area contributed by atoms with Crippen LogP contribution in [0, 0.1) is 17.8 Å². The van der Waals surface area contributed by atoms with E-state index >= 15 is 0 Å². The Hall–Kier alpha value is -1.92. The molecule has 0 unspecified atom stereocenters. The summed E-state index contributed by atoms with van der Waals surface area (Å²) in [5.41, 5.74) is 5.02. The number of hydrogen-bond donors (Lipinski definition) is 0. The molecule has 0 N–H and O–H groups in total. The summed E-state index contributed by atoms with van der Waals surface area (Å²) >= 11 is 0. The van der Waals surface area contributed by atoms with Crippen LogP contribution in [0.15, 0.2) is 24.4 Å². The van der Waals surface area contributed by atoms with Gasteiger partial charge in [0.25, 0.3) is 0 Å². The fourth-order valence-corrected chi connectivity index (χ4v) is 3.80. The van der Waals surface area contributed by atoms with Crippen LogP contribution < -0.4 is 4.90 Å². The van der Waals surface area contributed by atoms with Crippen molar-refractivity contribution in [3.8, 4) is 11.3 Å². The standard InChI is InChI=1S/C21H30N4O2/c1-15-8-16(24-11-20(2,3)12-24)6-7-17(15)18-9-25(23-22-18)10-19-26-13-21(4,5)14-27-19/h6-9,19H,10-14H2,1-5H3. The highest BCUT2D eigenvalue weighted by atomic mass is 16.7. The van der Waals surface area contributed by atoms with Gasteiger partial charge in [-0.15, -0.1) is 5.10 Å². The molecule has 27 heavy (non-hydrogen) atoms. The van der Waals surface area contributed by atoms with Crippen LogP contribution in [0.4, 0.5) is 5.69 Å². The average molecular weight is 370 g/mol. The Morgan fingerprint density at radius 3 is 2.41 bits per heavy atom. The van der Waals surface area contributed by atoms with E-state index in [0.717, 1.165) is 24.3 Å². The Morgan fingerprint density at radius 1 is 1.07 bits per heavy atom. The quantitative estimate of drug-likeness (QED) is 0.824. The predicted octanol–water partition coefficient (Wildman–Crippen LogP) is 3.50. The SMILES string of the molecule is Cc1cc(N2CC(C)(C)C2)ccc1-c1cn(CC2OCC(C)(C)CO2)nn1. The molecular weight excluding hydrogens is 340 g/mol. The molecular formula is C21H30N4O2. The minimum atomic E-state index is -0.259. The number of nitrogens with zero attached hydrogens (tertiary/aromatic N) is 4. The van der Waals surface area contributed by atoms with Crippen LogP contribution >= 0.6 is 0 Å². The normalized spacial score (nSPS) is 21.9. The molecule has 6 heteroatoms. The number of benzene rings is 1. The topological polar surface area (TPSA) is 52.4 Å². The molecule has 3 heterocycles. The molecule has 2 aliphatic rings. The van der Waals surface area contributed by atoms with Crippen molar-refractivity contribution in [1.29, 1.82) is 0 Å². The summed E-state index contributed by atoms with van der Waals surface area (Å²) in [5, 5.41) is 8.63. The maximum atomic E-state index is 5.80. The van der Waals surface area contributed by atoms with Gasteiger partial charge in [-0.2, -0.15) is 0 Å². The molecule has 0 radical (unpaired) electrons. The molecule has 6 nitrogen and oxygen atoms in total. The summed E-state index contributed by atoms with van der Waals surface area (Å²) in [6.45, 7) is 15.2. The fourth-order valence-electron chi connectivity index (χ4n) is 3.80. The lowest BCUT2D eigenvalue weighted by Crippen LogP contribution is -2.53. The fraction of sp³-hybridized carbons (Fsp3) is 0.619. The van der Waals surface area contributed by atoms with Crippen molar-refractivity contribution in [3.63, 3.8) is 0 Å². The third-order valence-corrected chi connectivity index (χ3v) is 5.28. The Balaban J connectivity index is 1.42. The monoisotopic (exact) mass is 370 g/mol. The molecule has 0 amide bonds. The second-order valence-corrected chi connectivity index (χ2v) is 9.56. The van der Waals surface area contributed by atoms with Gasteiger partial charge < -0.3 is 14.4 Å². The van der Waals surface area contributed by atoms with Crippen molar-refractivity contribution in [3.05, 3.63) is 30.0 Å². The van der Waals surface area contributed by atoms with Crippen LogP contribution in [0.1, 0.15) is 33.3 Å². The van der Waals surface area contributed by atoms with Gasteiger partial charge >= 0.3 is 0 Å². The first-order chi connectivity index (χ1) is 12.7. The lowest BCUT2D eigenvalue weighted by atomic mass is 9.84. The molecule has 1 aromatic carbocycles. The highest BCUT2D eigenvalue weighted by Crippen LogP contribution is 2.35. The first-order valence-electron chi connectivity index (χ1n) is 9.70. The lowest BCUT2D eigenvalue weighted by Gasteiger charge is -2.47. The molecule has 0 spiro atoms. The molecule has 1 aromatic heterocycles. The van der Waals surface area contributed by atoms with E-state index in [1.165, 1.54) is 11.3 Å².